The zero-order valence-electron chi connectivity index (χ0n) is 20.1. The van der Waals surface area contributed by atoms with Crippen molar-refractivity contribution in [1.82, 2.24) is 0 Å². The summed E-state index contributed by atoms with van der Waals surface area (Å²) in [5.41, 5.74) is 2.54. The number of hydrogen-bond donors (Lipinski definition) is 1. The molecule has 7 nitrogen and oxygen atoms in total. The lowest BCUT2D eigenvalue weighted by Crippen LogP contribution is -2.36. The molecule has 0 atom stereocenters. The van der Waals surface area contributed by atoms with Crippen LogP contribution in [0.1, 0.15) is 40.1 Å². The maximum Gasteiger partial charge on any atom is 0.256 e. The van der Waals surface area contributed by atoms with Gasteiger partial charge in [-0.15, -0.1) is 0 Å². The van der Waals surface area contributed by atoms with E-state index in [1.165, 1.54) is 0 Å². The summed E-state index contributed by atoms with van der Waals surface area (Å²) in [5.74, 6) is 0.589. The van der Waals surface area contributed by atoms with Crippen LogP contribution < -0.4 is 19.7 Å². The van der Waals surface area contributed by atoms with E-state index in [4.69, 9.17) is 14.2 Å². The van der Waals surface area contributed by atoms with Crippen molar-refractivity contribution >= 4 is 23.1 Å². The van der Waals surface area contributed by atoms with Crippen LogP contribution >= 0.6 is 0 Å². The number of ketones is 1. The van der Waals surface area contributed by atoms with Crippen LogP contribution in [-0.2, 0) is 4.74 Å². The molecule has 0 bridgehead atoms. The number of carbonyl (C=O) groups is 2. The van der Waals surface area contributed by atoms with Gasteiger partial charge in [0.05, 0.1) is 43.4 Å². The average Bonchev–Trinajstić information content (AvgIpc) is 2.91. The minimum Gasteiger partial charge on any atom is -0.492 e. The highest BCUT2D eigenvalue weighted by Crippen LogP contribution is 2.39. The third-order valence-corrected chi connectivity index (χ3v) is 5.71. The summed E-state index contributed by atoms with van der Waals surface area (Å²) in [4.78, 5) is 28.7. The van der Waals surface area contributed by atoms with Crippen LogP contribution in [0.15, 0.2) is 66.7 Å². The molecular formula is C28H30N2O5. The Morgan fingerprint density at radius 1 is 0.857 bits per heavy atom. The molecule has 4 rings (SSSR count). The Morgan fingerprint density at radius 3 is 2.17 bits per heavy atom. The van der Waals surface area contributed by atoms with Crippen molar-refractivity contribution in [2.24, 2.45) is 0 Å². The van der Waals surface area contributed by atoms with Crippen molar-refractivity contribution in [3.8, 4) is 11.5 Å². The summed E-state index contributed by atoms with van der Waals surface area (Å²) < 4.78 is 17.3. The molecule has 3 aromatic rings. The Kier molecular flexibility index (Phi) is 8.00. The van der Waals surface area contributed by atoms with Gasteiger partial charge >= 0.3 is 0 Å². The molecule has 0 aromatic heterocycles. The van der Waals surface area contributed by atoms with Crippen LogP contribution in [0.5, 0.6) is 11.5 Å². The molecule has 0 unspecified atom stereocenters. The minimum atomic E-state index is -0.396. The van der Waals surface area contributed by atoms with Gasteiger partial charge in [0.25, 0.3) is 5.91 Å². The summed E-state index contributed by atoms with van der Waals surface area (Å²) >= 11 is 0. The van der Waals surface area contributed by atoms with Gasteiger partial charge in [-0.05, 0) is 19.9 Å². The van der Waals surface area contributed by atoms with Crippen LogP contribution in [-0.4, -0.2) is 51.2 Å². The van der Waals surface area contributed by atoms with E-state index in [0.29, 0.717) is 60.3 Å². The number of carbonyl (C=O) groups excluding carboxylic acids is 2. The topological polar surface area (TPSA) is 77.1 Å². The van der Waals surface area contributed by atoms with E-state index in [9.17, 15) is 9.59 Å². The Morgan fingerprint density at radius 2 is 1.49 bits per heavy atom. The third kappa shape index (κ3) is 5.63. The lowest BCUT2D eigenvalue weighted by molar-refractivity contribution is 0.0996. The van der Waals surface area contributed by atoms with E-state index in [1.807, 2.05) is 26.0 Å². The first kappa shape index (κ1) is 24.3. The molecule has 1 fully saturated rings. The largest absolute Gasteiger partial charge is 0.492 e. The van der Waals surface area contributed by atoms with Gasteiger partial charge in [0.2, 0.25) is 0 Å². The second-order valence-electron chi connectivity index (χ2n) is 7.98. The molecule has 0 radical (unpaired) electrons. The highest BCUT2D eigenvalue weighted by Gasteiger charge is 2.23. The molecule has 0 aliphatic carbocycles. The number of ether oxygens (including phenoxy) is 3. The van der Waals surface area contributed by atoms with Gasteiger partial charge in [0.15, 0.2) is 5.78 Å². The van der Waals surface area contributed by atoms with E-state index in [0.717, 1.165) is 18.8 Å². The van der Waals surface area contributed by atoms with Gasteiger partial charge in [-0.2, -0.15) is 0 Å². The SMILES string of the molecule is CCOc1cc(N2CCOCC2)c(OCC)cc1NC(=O)c1ccccc1C(=O)c1ccccc1. The zero-order valence-corrected chi connectivity index (χ0v) is 20.1. The number of rotatable bonds is 9. The molecule has 1 saturated heterocycles. The third-order valence-electron chi connectivity index (χ3n) is 5.71. The lowest BCUT2D eigenvalue weighted by atomic mass is 9.98. The van der Waals surface area contributed by atoms with Crippen LogP contribution in [0.3, 0.4) is 0 Å². The summed E-state index contributed by atoms with van der Waals surface area (Å²) in [7, 11) is 0. The number of nitrogens with zero attached hydrogens (tertiary/aromatic N) is 1. The Balaban J connectivity index is 1.67. The summed E-state index contributed by atoms with van der Waals surface area (Å²) in [6, 6.07) is 19.4. The second-order valence-corrected chi connectivity index (χ2v) is 7.98. The van der Waals surface area contributed by atoms with E-state index in [-0.39, 0.29) is 5.78 Å². The van der Waals surface area contributed by atoms with Crippen molar-refractivity contribution in [3.63, 3.8) is 0 Å². The highest BCUT2D eigenvalue weighted by molar-refractivity contribution is 6.17. The molecule has 7 heteroatoms. The molecule has 1 amide bonds. The second kappa shape index (κ2) is 11.5. The summed E-state index contributed by atoms with van der Waals surface area (Å²) in [5, 5.41) is 2.95. The molecule has 0 saturated carbocycles. The van der Waals surface area contributed by atoms with Gasteiger partial charge in [-0.25, -0.2) is 0 Å². The van der Waals surface area contributed by atoms with Crippen molar-refractivity contribution < 1.29 is 23.8 Å². The van der Waals surface area contributed by atoms with Crippen LogP contribution in [0.4, 0.5) is 11.4 Å². The predicted octanol–water partition coefficient (Wildman–Crippen LogP) is 4.80. The maximum absolute atomic E-state index is 13.4. The first-order valence-corrected chi connectivity index (χ1v) is 11.9. The molecule has 1 aliphatic heterocycles. The first-order valence-electron chi connectivity index (χ1n) is 11.9. The van der Waals surface area contributed by atoms with Crippen molar-refractivity contribution in [3.05, 3.63) is 83.4 Å². The Bertz CT molecular complexity index is 1170. The molecule has 1 aliphatic rings. The zero-order chi connectivity index (χ0) is 24.6. The van der Waals surface area contributed by atoms with Crippen molar-refractivity contribution in [2.75, 3.05) is 49.7 Å². The monoisotopic (exact) mass is 474 g/mol. The fourth-order valence-corrected chi connectivity index (χ4v) is 4.06. The molecular weight excluding hydrogens is 444 g/mol. The van der Waals surface area contributed by atoms with E-state index in [2.05, 4.69) is 10.2 Å². The number of anilines is 2. The minimum absolute atomic E-state index is 0.209. The first-order chi connectivity index (χ1) is 17.1. The van der Waals surface area contributed by atoms with Gasteiger partial charge in [-0.1, -0.05) is 48.5 Å². The maximum atomic E-state index is 13.4. The number of benzene rings is 3. The van der Waals surface area contributed by atoms with E-state index < -0.39 is 5.91 Å². The fraction of sp³-hybridized carbons (Fsp3) is 0.286. The molecule has 0 spiro atoms. The average molecular weight is 475 g/mol. The quantitative estimate of drug-likeness (QED) is 0.449. The predicted molar refractivity (Wildman–Crippen MR) is 136 cm³/mol. The lowest BCUT2D eigenvalue weighted by Gasteiger charge is -2.31. The molecule has 1 N–H and O–H groups in total. The molecule has 35 heavy (non-hydrogen) atoms. The van der Waals surface area contributed by atoms with Gasteiger partial charge in [0, 0.05) is 36.3 Å². The molecule has 182 valence electrons. The van der Waals surface area contributed by atoms with Gasteiger partial charge in [-0.3, -0.25) is 9.59 Å². The van der Waals surface area contributed by atoms with E-state index >= 15 is 0 Å². The normalized spacial score (nSPS) is 13.3. The summed E-state index contributed by atoms with van der Waals surface area (Å²) in [6.45, 7) is 7.49. The molecule has 3 aromatic carbocycles. The summed E-state index contributed by atoms with van der Waals surface area (Å²) in [6.07, 6.45) is 0. The Labute approximate surface area is 205 Å². The van der Waals surface area contributed by atoms with Crippen LogP contribution in [0.25, 0.3) is 0 Å². The van der Waals surface area contributed by atoms with E-state index in [1.54, 1.807) is 54.6 Å². The van der Waals surface area contributed by atoms with Crippen molar-refractivity contribution in [1.29, 1.82) is 0 Å². The highest BCUT2D eigenvalue weighted by atomic mass is 16.5. The number of hydrogen-bond acceptors (Lipinski definition) is 6. The molecule has 1 heterocycles. The van der Waals surface area contributed by atoms with Crippen molar-refractivity contribution in [2.45, 2.75) is 13.8 Å². The van der Waals surface area contributed by atoms with Crippen LogP contribution in [0.2, 0.25) is 0 Å². The number of nitrogens with one attached hydrogen (secondary N) is 1. The Hall–Kier alpha value is -3.84. The smallest absolute Gasteiger partial charge is 0.256 e. The fourth-order valence-electron chi connectivity index (χ4n) is 4.06. The number of amides is 1. The van der Waals surface area contributed by atoms with Gasteiger partial charge < -0.3 is 24.4 Å². The van der Waals surface area contributed by atoms with Gasteiger partial charge in [0.1, 0.15) is 11.5 Å². The number of morpholine rings is 1. The van der Waals surface area contributed by atoms with Crippen LogP contribution in [0, 0.1) is 0 Å². The standard InChI is InChI=1S/C28H30N2O5/c1-3-34-25-19-24(30-14-16-33-17-15-30)26(35-4-2)18-23(25)29-28(32)22-13-9-8-12-21(22)27(31)20-10-6-5-7-11-20/h5-13,18-19H,3-4,14-17H2,1-2H3,(H,29,32).